The van der Waals surface area contributed by atoms with Crippen LogP contribution >= 0.6 is 0 Å². The van der Waals surface area contributed by atoms with Gasteiger partial charge in [-0.15, -0.1) is 0 Å². The minimum absolute atomic E-state index is 0.133. The fraction of sp³-hybridized carbons (Fsp3) is 0.538. The van der Waals surface area contributed by atoms with E-state index in [-0.39, 0.29) is 18.4 Å². The number of hydrogen-bond donors (Lipinski definition) is 1. The van der Waals surface area contributed by atoms with E-state index in [1.54, 1.807) is 0 Å². The fourth-order valence-corrected chi connectivity index (χ4v) is 1.96. The lowest BCUT2D eigenvalue weighted by atomic mass is 9.96. The first-order valence-electron chi connectivity index (χ1n) is 5.60. The van der Waals surface area contributed by atoms with Crippen molar-refractivity contribution < 1.29 is 18.6 Å². The number of aliphatic hydroxyl groups is 1. The smallest absolute Gasteiger partial charge is 0.126 e. The van der Waals surface area contributed by atoms with E-state index in [0.29, 0.717) is 5.56 Å². The van der Waals surface area contributed by atoms with Gasteiger partial charge in [-0.3, -0.25) is 0 Å². The Kier molecular flexibility index (Phi) is 5.02. The molecule has 1 rings (SSSR count). The topological polar surface area (TPSA) is 29.5 Å². The largest absolute Gasteiger partial charge is 0.390 e. The molecule has 0 aliphatic rings. The van der Waals surface area contributed by atoms with Crippen molar-refractivity contribution in [2.24, 2.45) is 5.92 Å². The molecule has 0 fully saturated rings. The summed E-state index contributed by atoms with van der Waals surface area (Å²) in [5.41, 5.74) is 0.428. The summed E-state index contributed by atoms with van der Waals surface area (Å²) < 4.78 is 31.1. The highest BCUT2D eigenvalue weighted by Gasteiger charge is 2.22. The lowest BCUT2D eigenvalue weighted by Crippen LogP contribution is -2.34. The monoisotopic (exact) mass is 244 g/mol. The number of methoxy groups -OCH3 is 1. The molecular weight excluding hydrogens is 226 g/mol. The quantitative estimate of drug-likeness (QED) is 0.862. The van der Waals surface area contributed by atoms with E-state index in [2.05, 4.69) is 0 Å². The molecule has 2 nitrogen and oxygen atoms in total. The molecule has 0 aliphatic heterocycles. The number of halogens is 2. The van der Waals surface area contributed by atoms with Crippen molar-refractivity contribution in [2.45, 2.75) is 32.5 Å². The van der Waals surface area contributed by atoms with Gasteiger partial charge in [0.05, 0.1) is 12.2 Å². The Bertz CT molecular complexity index is 346. The molecule has 17 heavy (non-hydrogen) atoms. The van der Waals surface area contributed by atoms with Crippen LogP contribution in [0.5, 0.6) is 0 Å². The van der Waals surface area contributed by atoms with Crippen LogP contribution in [0.1, 0.15) is 19.4 Å². The average Bonchev–Trinajstić information content (AvgIpc) is 2.15. The molecule has 2 atom stereocenters. The van der Waals surface area contributed by atoms with Crippen LogP contribution in [0.15, 0.2) is 18.2 Å². The van der Waals surface area contributed by atoms with Crippen molar-refractivity contribution in [1.82, 2.24) is 0 Å². The first kappa shape index (κ1) is 14.1. The molecule has 0 spiro atoms. The van der Waals surface area contributed by atoms with Crippen LogP contribution in [0, 0.1) is 17.6 Å². The first-order valence-corrected chi connectivity index (χ1v) is 5.60. The van der Waals surface area contributed by atoms with Crippen molar-refractivity contribution in [3.63, 3.8) is 0 Å². The van der Waals surface area contributed by atoms with Crippen molar-refractivity contribution >= 4 is 0 Å². The van der Waals surface area contributed by atoms with E-state index < -0.39 is 17.7 Å². The minimum Gasteiger partial charge on any atom is -0.390 e. The molecule has 0 saturated heterocycles. The van der Waals surface area contributed by atoms with Crippen LogP contribution in [0.3, 0.4) is 0 Å². The molecule has 96 valence electrons. The van der Waals surface area contributed by atoms with Gasteiger partial charge in [0.15, 0.2) is 0 Å². The number of ether oxygens (including phenoxy) is 1. The van der Waals surface area contributed by atoms with Crippen molar-refractivity contribution in [2.75, 3.05) is 7.11 Å². The molecule has 0 saturated carbocycles. The number of hydrogen-bond acceptors (Lipinski definition) is 2. The summed E-state index contributed by atoms with van der Waals surface area (Å²) in [5.74, 6) is -1.13. The van der Waals surface area contributed by atoms with Crippen LogP contribution in [-0.2, 0) is 11.2 Å². The lowest BCUT2D eigenvalue weighted by molar-refractivity contribution is -0.0368. The summed E-state index contributed by atoms with van der Waals surface area (Å²) in [6.07, 6.45) is -0.951. The maximum absolute atomic E-state index is 13.0. The van der Waals surface area contributed by atoms with E-state index in [0.717, 1.165) is 6.07 Å². The number of benzene rings is 1. The van der Waals surface area contributed by atoms with Gasteiger partial charge >= 0.3 is 0 Å². The second-order valence-corrected chi connectivity index (χ2v) is 4.49. The molecule has 1 aromatic rings. The molecule has 0 aromatic heterocycles. The summed E-state index contributed by atoms with van der Waals surface area (Å²) in [5, 5.41) is 9.94. The van der Waals surface area contributed by atoms with Crippen LogP contribution < -0.4 is 0 Å². The van der Waals surface area contributed by atoms with Gasteiger partial charge in [-0.25, -0.2) is 8.78 Å². The van der Waals surface area contributed by atoms with Crippen LogP contribution in [0.25, 0.3) is 0 Å². The second kappa shape index (κ2) is 6.07. The Morgan fingerprint density at radius 2 is 1.71 bits per heavy atom. The number of aliphatic hydroxyl groups excluding tert-OH is 1. The molecule has 2 unspecified atom stereocenters. The summed E-state index contributed by atoms with van der Waals surface area (Å²) >= 11 is 0. The Morgan fingerprint density at radius 3 is 2.12 bits per heavy atom. The fourth-order valence-electron chi connectivity index (χ4n) is 1.96. The van der Waals surface area contributed by atoms with Crippen molar-refractivity contribution in [1.29, 1.82) is 0 Å². The molecule has 1 N–H and O–H groups in total. The van der Waals surface area contributed by atoms with E-state index in [9.17, 15) is 13.9 Å². The zero-order valence-electron chi connectivity index (χ0n) is 10.3. The van der Waals surface area contributed by atoms with Crippen molar-refractivity contribution in [3.8, 4) is 0 Å². The van der Waals surface area contributed by atoms with E-state index in [1.807, 2.05) is 13.8 Å². The highest BCUT2D eigenvalue weighted by atomic mass is 19.1. The van der Waals surface area contributed by atoms with Gasteiger partial charge in [0.1, 0.15) is 11.6 Å². The van der Waals surface area contributed by atoms with Gasteiger partial charge in [-0.1, -0.05) is 13.8 Å². The third-order valence-electron chi connectivity index (χ3n) is 2.68. The molecular formula is C13H18F2O2. The zero-order valence-corrected chi connectivity index (χ0v) is 10.3. The number of rotatable bonds is 5. The normalized spacial score (nSPS) is 15.0. The van der Waals surface area contributed by atoms with Crippen LogP contribution in [0.2, 0.25) is 0 Å². The van der Waals surface area contributed by atoms with E-state index in [1.165, 1.54) is 19.2 Å². The summed E-state index contributed by atoms with van der Waals surface area (Å²) in [7, 11) is 1.51. The second-order valence-electron chi connectivity index (χ2n) is 4.49. The molecule has 0 aliphatic carbocycles. The first-order chi connectivity index (χ1) is 7.93. The van der Waals surface area contributed by atoms with Crippen LogP contribution in [0.4, 0.5) is 8.78 Å². The average molecular weight is 244 g/mol. The lowest BCUT2D eigenvalue weighted by Gasteiger charge is -2.25. The SMILES string of the molecule is COC(C(C)C)C(O)Cc1cc(F)cc(F)c1. The predicted molar refractivity (Wildman–Crippen MR) is 61.7 cm³/mol. The zero-order chi connectivity index (χ0) is 13.0. The van der Waals surface area contributed by atoms with Gasteiger partial charge in [0, 0.05) is 19.6 Å². The maximum Gasteiger partial charge on any atom is 0.126 e. The molecule has 0 radical (unpaired) electrons. The van der Waals surface area contributed by atoms with Crippen molar-refractivity contribution in [3.05, 3.63) is 35.4 Å². The molecule has 1 aromatic carbocycles. The van der Waals surface area contributed by atoms with E-state index in [4.69, 9.17) is 4.74 Å². The Morgan fingerprint density at radius 1 is 1.18 bits per heavy atom. The summed E-state index contributed by atoms with van der Waals surface area (Å²) in [4.78, 5) is 0. The molecule has 0 bridgehead atoms. The summed E-state index contributed by atoms with van der Waals surface area (Å²) in [6.45, 7) is 3.84. The van der Waals surface area contributed by atoms with Gasteiger partial charge in [0.2, 0.25) is 0 Å². The van der Waals surface area contributed by atoms with Gasteiger partial charge in [0.25, 0.3) is 0 Å². The predicted octanol–water partition coefficient (Wildman–Crippen LogP) is 2.54. The molecule has 4 heteroatoms. The third-order valence-corrected chi connectivity index (χ3v) is 2.68. The van der Waals surface area contributed by atoms with Crippen LogP contribution in [-0.4, -0.2) is 24.4 Å². The highest BCUT2D eigenvalue weighted by molar-refractivity contribution is 5.18. The maximum atomic E-state index is 13.0. The van der Waals surface area contributed by atoms with E-state index >= 15 is 0 Å². The summed E-state index contributed by atoms with van der Waals surface area (Å²) in [6, 6.07) is 3.25. The van der Waals surface area contributed by atoms with Gasteiger partial charge in [-0.2, -0.15) is 0 Å². The Labute approximate surface area is 100 Å². The highest BCUT2D eigenvalue weighted by Crippen LogP contribution is 2.16. The standard InChI is InChI=1S/C13H18F2O2/c1-8(2)13(17-3)12(16)6-9-4-10(14)7-11(15)5-9/h4-5,7-8,12-13,16H,6H2,1-3H3. The molecule has 0 heterocycles. The third kappa shape index (κ3) is 4.06. The minimum atomic E-state index is -0.777. The van der Waals surface area contributed by atoms with Gasteiger partial charge in [-0.05, 0) is 23.6 Å². The Hall–Kier alpha value is -1.00. The molecule has 0 amide bonds. The Balaban J connectivity index is 2.76. The van der Waals surface area contributed by atoms with Gasteiger partial charge < -0.3 is 9.84 Å².